The van der Waals surface area contributed by atoms with Crippen molar-refractivity contribution in [3.05, 3.63) is 12.2 Å². The molecule has 0 aromatic carbocycles. The maximum Gasteiger partial charge on any atom is 0.0928 e. The highest BCUT2D eigenvalue weighted by atomic mass is 19.1. The molecule has 22 heavy (non-hydrogen) atoms. The maximum absolute atomic E-state index is 12.1. The van der Waals surface area contributed by atoms with Crippen LogP contribution in [0.2, 0.25) is 0 Å². The van der Waals surface area contributed by atoms with E-state index in [0.717, 1.165) is 23.7 Å². The molecule has 2 rings (SSSR count). The second kappa shape index (κ2) is 10.4. The minimum atomic E-state index is -0.201. The van der Waals surface area contributed by atoms with Gasteiger partial charge in [0.2, 0.25) is 0 Å². The summed E-state index contributed by atoms with van der Waals surface area (Å²) in [5, 5.41) is 0. The van der Waals surface area contributed by atoms with Gasteiger partial charge in [0.25, 0.3) is 0 Å². The van der Waals surface area contributed by atoms with Gasteiger partial charge in [0.05, 0.1) is 6.67 Å². The molecule has 0 radical (unpaired) electrons. The number of hydrogen-bond acceptors (Lipinski definition) is 0. The molecular formula is C21H37F. The van der Waals surface area contributed by atoms with Crippen molar-refractivity contribution in [3.8, 4) is 0 Å². The Balaban J connectivity index is 1.62. The first-order chi connectivity index (χ1) is 10.8. The third-order valence-electron chi connectivity index (χ3n) is 6.27. The third kappa shape index (κ3) is 6.05. The van der Waals surface area contributed by atoms with Crippen LogP contribution in [0.25, 0.3) is 0 Å². The summed E-state index contributed by atoms with van der Waals surface area (Å²) in [5.41, 5.74) is 0. The molecule has 128 valence electrons. The summed E-state index contributed by atoms with van der Waals surface area (Å²) in [7, 11) is 0. The zero-order valence-electron chi connectivity index (χ0n) is 14.7. The summed E-state index contributed by atoms with van der Waals surface area (Å²) < 4.78 is 12.1. The first-order valence-corrected chi connectivity index (χ1v) is 10.1. The van der Waals surface area contributed by atoms with E-state index in [9.17, 15) is 4.39 Å². The Morgan fingerprint density at radius 1 is 0.864 bits per heavy atom. The number of halogens is 1. The van der Waals surface area contributed by atoms with Crippen molar-refractivity contribution in [2.75, 3.05) is 6.67 Å². The summed E-state index contributed by atoms with van der Waals surface area (Å²) in [6.45, 7) is 2.10. The zero-order valence-corrected chi connectivity index (χ0v) is 14.7. The molecule has 0 N–H and O–H groups in total. The van der Waals surface area contributed by atoms with Crippen LogP contribution in [0.4, 0.5) is 4.39 Å². The van der Waals surface area contributed by atoms with Crippen molar-refractivity contribution in [2.45, 2.75) is 90.4 Å². The van der Waals surface area contributed by atoms with Crippen molar-refractivity contribution < 1.29 is 4.39 Å². The highest BCUT2D eigenvalue weighted by Gasteiger charge is 2.30. The van der Waals surface area contributed by atoms with E-state index in [1.165, 1.54) is 77.0 Å². The fourth-order valence-corrected chi connectivity index (χ4v) is 4.79. The average molecular weight is 309 g/mol. The van der Waals surface area contributed by atoms with Crippen LogP contribution in [0.3, 0.4) is 0 Å². The predicted molar refractivity (Wildman–Crippen MR) is 94.8 cm³/mol. The largest absolute Gasteiger partial charge is 0.251 e. The van der Waals surface area contributed by atoms with Gasteiger partial charge >= 0.3 is 0 Å². The quantitative estimate of drug-likeness (QED) is 0.331. The summed E-state index contributed by atoms with van der Waals surface area (Å²) >= 11 is 0. The number of hydrogen-bond donors (Lipinski definition) is 0. The molecule has 0 spiro atoms. The second-order valence-electron chi connectivity index (χ2n) is 7.86. The summed E-state index contributed by atoms with van der Waals surface area (Å²) in [6.07, 6.45) is 22.3. The molecule has 2 fully saturated rings. The normalized spacial score (nSPS) is 33.4. The molecule has 0 bridgehead atoms. The van der Waals surface area contributed by atoms with E-state index >= 15 is 0 Å². The summed E-state index contributed by atoms with van der Waals surface area (Å²) in [6, 6.07) is 0. The molecule has 2 aliphatic rings. The Morgan fingerprint density at radius 2 is 1.50 bits per heavy atom. The molecule has 2 aliphatic carbocycles. The monoisotopic (exact) mass is 308 g/mol. The standard InChI is InChI=1S/C21H37F/c1-2-3-4-7-18-9-13-20(14-10-18)21-15-11-19(12-16-21)8-5-6-17-22/h5,8,18-21H,2-4,6-7,9-17H2,1H3/b8-5+/t18?,19-,20?,21-. The topological polar surface area (TPSA) is 0 Å². The maximum atomic E-state index is 12.1. The highest BCUT2D eigenvalue weighted by Crippen LogP contribution is 2.42. The first kappa shape index (κ1) is 18.0. The molecule has 0 aliphatic heterocycles. The minimum absolute atomic E-state index is 0.201. The van der Waals surface area contributed by atoms with Crippen LogP contribution in [0.1, 0.15) is 90.4 Å². The Bertz CT molecular complexity index is 293. The Hall–Kier alpha value is -0.330. The number of unbranched alkanes of at least 4 members (excludes halogenated alkanes) is 2. The molecule has 0 heterocycles. The Morgan fingerprint density at radius 3 is 2.09 bits per heavy atom. The van der Waals surface area contributed by atoms with Gasteiger partial charge in [0.15, 0.2) is 0 Å². The van der Waals surface area contributed by atoms with Crippen molar-refractivity contribution in [2.24, 2.45) is 23.7 Å². The molecule has 0 aromatic rings. The molecule has 1 heteroatoms. The van der Waals surface area contributed by atoms with Crippen LogP contribution in [0.15, 0.2) is 12.2 Å². The van der Waals surface area contributed by atoms with Crippen LogP contribution < -0.4 is 0 Å². The lowest BCUT2D eigenvalue weighted by molar-refractivity contribution is 0.151. The molecule has 0 amide bonds. The van der Waals surface area contributed by atoms with Crippen molar-refractivity contribution >= 4 is 0 Å². The van der Waals surface area contributed by atoms with E-state index in [-0.39, 0.29) is 6.67 Å². The van der Waals surface area contributed by atoms with Crippen molar-refractivity contribution in [1.29, 1.82) is 0 Å². The molecule has 0 unspecified atom stereocenters. The van der Waals surface area contributed by atoms with E-state index < -0.39 is 0 Å². The lowest BCUT2D eigenvalue weighted by Crippen LogP contribution is -2.25. The predicted octanol–water partition coefficient (Wildman–Crippen LogP) is 7.10. The highest BCUT2D eigenvalue weighted by molar-refractivity contribution is 4.92. The lowest BCUT2D eigenvalue weighted by Gasteiger charge is -2.37. The summed E-state index contributed by atoms with van der Waals surface area (Å²) in [5.74, 6) is 3.82. The van der Waals surface area contributed by atoms with Crippen LogP contribution in [-0.2, 0) is 0 Å². The fraction of sp³-hybridized carbons (Fsp3) is 0.905. The van der Waals surface area contributed by atoms with Crippen LogP contribution in [0, 0.1) is 23.7 Å². The first-order valence-electron chi connectivity index (χ1n) is 10.1. The van der Waals surface area contributed by atoms with E-state index in [4.69, 9.17) is 0 Å². The van der Waals surface area contributed by atoms with Crippen LogP contribution in [0.5, 0.6) is 0 Å². The van der Waals surface area contributed by atoms with Crippen LogP contribution >= 0.6 is 0 Å². The van der Waals surface area contributed by atoms with Gasteiger partial charge in [-0.3, -0.25) is 4.39 Å². The van der Waals surface area contributed by atoms with Crippen LogP contribution in [-0.4, -0.2) is 6.67 Å². The number of rotatable bonds is 8. The van der Waals surface area contributed by atoms with Gasteiger partial charge in [-0.05, 0) is 68.6 Å². The van der Waals surface area contributed by atoms with E-state index in [0.29, 0.717) is 6.42 Å². The number of alkyl halides is 1. The lowest BCUT2D eigenvalue weighted by atomic mass is 9.68. The van der Waals surface area contributed by atoms with Gasteiger partial charge in [-0.25, -0.2) is 0 Å². The zero-order chi connectivity index (χ0) is 15.6. The Kier molecular flexibility index (Phi) is 8.55. The van der Waals surface area contributed by atoms with Crippen molar-refractivity contribution in [3.63, 3.8) is 0 Å². The molecule has 2 saturated carbocycles. The Labute approximate surface area is 138 Å². The van der Waals surface area contributed by atoms with Gasteiger partial charge in [-0.1, -0.05) is 57.6 Å². The molecule has 0 saturated heterocycles. The minimum Gasteiger partial charge on any atom is -0.251 e. The van der Waals surface area contributed by atoms with Gasteiger partial charge in [-0.2, -0.15) is 0 Å². The SMILES string of the molecule is CCCCCC1CCC([C@H]2CC[C@H](/C=C/CCF)CC2)CC1. The molecule has 0 nitrogen and oxygen atoms in total. The van der Waals surface area contributed by atoms with Gasteiger partial charge < -0.3 is 0 Å². The van der Waals surface area contributed by atoms with Gasteiger partial charge in [-0.15, -0.1) is 0 Å². The summed E-state index contributed by atoms with van der Waals surface area (Å²) in [4.78, 5) is 0. The van der Waals surface area contributed by atoms with Crippen molar-refractivity contribution in [1.82, 2.24) is 0 Å². The number of allylic oxidation sites excluding steroid dienone is 2. The van der Waals surface area contributed by atoms with E-state index in [2.05, 4.69) is 19.1 Å². The van der Waals surface area contributed by atoms with Gasteiger partial charge in [0.1, 0.15) is 0 Å². The third-order valence-corrected chi connectivity index (χ3v) is 6.27. The fourth-order valence-electron chi connectivity index (χ4n) is 4.79. The molecule has 0 aromatic heterocycles. The van der Waals surface area contributed by atoms with E-state index in [1.807, 2.05) is 0 Å². The molecule has 0 atom stereocenters. The van der Waals surface area contributed by atoms with E-state index in [1.54, 1.807) is 0 Å². The second-order valence-corrected chi connectivity index (χ2v) is 7.86. The molecular weight excluding hydrogens is 271 g/mol. The smallest absolute Gasteiger partial charge is 0.0928 e. The van der Waals surface area contributed by atoms with Gasteiger partial charge in [0, 0.05) is 0 Å². The average Bonchev–Trinajstić information content (AvgIpc) is 2.57.